The zero-order valence-electron chi connectivity index (χ0n) is 22.5. The van der Waals surface area contributed by atoms with E-state index < -0.39 is 0 Å². The molecule has 2 aliphatic heterocycles. The van der Waals surface area contributed by atoms with Crippen LogP contribution in [0.15, 0.2) is 36.7 Å². The topological polar surface area (TPSA) is 141 Å². The molecule has 2 aliphatic rings. The van der Waals surface area contributed by atoms with Gasteiger partial charge < -0.3 is 26.0 Å². The fourth-order valence-electron chi connectivity index (χ4n) is 4.91. The Balaban J connectivity index is 1.29. The molecule has 210 valence electrons. The fraction of sp³-hybridized carbons (Fsp3) is 0.444. The van der Waals surface area contributed by atoms with Crippen LogP contribution in [0.3, 0.4) is 0 Å². The maximum Gasteiger partial charge on any atom is 0.272 e. The minimum Gasteiger partial charge on any atom is -0.377 e. The maximum absolute atomic E-state index is 12.6. The molecule has 1 aromatic carbocycles. The standard InChI is InChI=1S/C27H33ClN10O2/c1-16(2)19-13-31-38-24(19)33-27(36-9-6-17(29)7-10-36)34-26(38)30-12-20-21(28)4-3-5-23(20)37-11-8-22(35-37)25(39)32-18-14-40-15-18/h3-5,8,11,13,16-18H,6-7,9-10,12,14-15,29H2,1-2H3,(H,32,39)(H,30,33,34). The molecule has 2 fully saturated rings. The van der Waals surface area contributed by atoms with Crippen molar-refractivity contribution in [1.29, 1.82) is 0 Å². The summed E-state index contributed by atoms with van der Waals surface area (Å²) < 4.78 is 8.55. The van der Waals surface area contributed by atoms with Crippen molar-refractivity contribution < 1.29 is 9.53 Å². The second kappa shape index (κ2) is 11.0. The summed E-state index contributed by atoms with van der Waals surface area (Å²) in [5, 5.41) is 16.0. The number of ether oxygens (including phenoxy) is 1. The third kappa shape index (κ3) is 5.21. The third-order valence-corrected chi connectivity index (χ3v) is 7.74. The van der Waals surface area contributed by atoms with Gasteiger partial charge >= 0.3 is 0 Å². The number of hydrogen-bond donors (Lipinski definition) is 3. The molecule has 1 amide bonds. The molecule has 4 aromatic rings. The molecule has 0 aliphatic carbocycles. The number of nitrogens with one attached hydrogen (secondary N) is 2. The van der Waals surface area contributed by atoms with Gasteiger partial charge in [-0.3, -0.25) is 4.79 Å². The molecule has 40 heavy (non-hydrogen) atoms. The van der Waals surface area contributed by atoms with E-state index in [1.54, 1.807) is 21.5 Å². The molecule has 0 unspecified atom stereocenters. The summed E-state index contributed by atoms with van der Waals surface area (Å²) in [6, 6.07) is 7.53. The van der Waals surface area contributed by atoms with Crippen molar-refractivity contribution in [2.24, 2.45) is 5.73 Å². The highest BCUT2D eigenvalue weighted by Crippen LogP contribution is 2.27. The number of halogens is 1. The van der Waals surface area contributed by atoms with Crippen molar-refractivity contribution in [1.82, 2.24) is 34.7 Å². The number of anilines is 2. The van der Waals surface area contributed by atoms with Crippen LogP contribution in [-0.4, -0.2) is 73.7 Å². The number of carbonyl (C=O) groups is 1. The minimum atomic E-state index is -0.233. The Labute approximate surface area is 236 Å². The summed E-state index contributed by atoms with van der Waals surface area (Å²) in [4.78, 5) is 24.5. The molecule has 12 nitrogen and oxygen atoms in total. The lowest BCUT2D eigenvalue weighted by Gasteiger charge is -2.30. The predicted octanol–water partition coefficient (Wildman–Crippen LogP) is 2.75. The SMILES string of the molecule is CC(C)c1cnn2c(NCc3c(Cl)cccc3-n3ccc(C(=O)NC4COC4)n3)nc(N3CCC(N)CC3)nc12. The number of aromatic nitrogens is 6. The number of hydrogen-bond acceptors (Lipinski definition) is 9. The van der Waals surface area contributed by atoms with Crippen LogP contribution in [0.1, 0.15) is 54.2 Å². The summed E-state index contributed by atoms with van der Waals surface area (Å²) in [6.45, 7) is 7.26. The first-order valence-corrected chi connectivity index (χ1v) is 14.0. The second-order valence-electron chi connectivity index (χ2n) is 10.6. The first-order chi connectivity index (χ1) is 19.4. The lowest BCUT2D eigenvalue weighted by molar-refractivity contribution is -0.00355. The van der Waals surface area contributed by atoms with Gasteiger partial charge in [-0.05, 0) is 37.0 Å². The molecule has 3 aromatic heterocycles. The monoisotopic (exact) mass is 564 g/mol. The number of benzene rings is 1. The Bertz CT molecular complexity index is 1520. The van der Waals surface area contributed by atoms with E-state index in [2.05, 4.69) is 39.6 Å². The Morgan fingerprint density at radius 2 is 2.00 bits per heavy atom. The van der Waals surface area contributed by atoms with Crippen LogP contribution in [0.5, 0.6) is 0 Å². The van der Waals surface area contributed by atoms with E-state index in [0.29, 0.717) is 42.4 Å². The fourth-order valence-corrected chi connectivity index (χ4v) is 5.14. The molecule has 13 heteroatoms. The summed E-state index contributed by atoms with van der Waals surface area (Å²) in [6.07, 6.45) is 5.40. The number of amides is 1. The van der Waals surface area contributed by atoms with Gasteiger partial charge in [0.15, 0.2) is 11.3 Å². The van der Waals surface area contributed by atoms with Crippen LogP contribution in [0.25, 0.3) is 11.3 Å². The summed E-state index contributed by atoms with van der Waals surface area (Å²) in [5.41, 5.74) is 9.85. The van der Waals surface area contributed by atoms with Gasteiger partial charge in [0.25, 0.3) is 5.91 Å². The molecule has 0 saturated carbocycles. The molecule has 2 saturated heterocycles. The normalized spacial score (nSPS) is 16.5. The second-order valence-corrected chi connectivity index (χ2v) is 11.0. The van der Waals surface area contributed by atoms with E-state index >= 15 is 0 Å². The number of carbonyl (C=O) groups excluding carboxylic acids is 1. The average Bonchev–Trinajstić information content (AvgIpc) is 3.58. The van der Waals surface area contributed by atoms with E-state index in [4.69, 9.17) is 32.0 Å². The zero-order valence-corrected chi connectivity index (χ0v) is 23.3. The van der Waals surface area contributed by atoms with Crippen molar-refractivity contribution in [3.05, 3.63) is 58.5 Å². The number of piperidine rings is 1. The van der Waals surface area contributed by atoms with Crippen LogP contribution in [-0.2, 0) is 11.3 Å². The van der Waals surface area contributed by atoms with Gasteiger partial charge in [0.1, 0.15) is 0 Å². The first-order valence-electron chi connectivity index (χ1n) is 13.6. The highest BCUT2D eigenvalue weighted by atomic mass is 35.5. The number of nitrogens with two attached hydrogens (primary N) is 1. The van der Waals surface area contributed by atoms with Crippen molar-refractivity contribution in [3.63, 3.8) is 0 Å². The molecule has 5 heterocycles. The van der Waals surface area contributed by atoms with Gasteiger partial charge in [0, 0.05) is 48.0 Å². The summed E-state index contributed by atoms with van der Waals surface area (Å²) in [7, 11) is 0. The van der Waals surface area contributed by atoms with Crippen molar-refractivity contribution in [2.75, 3.05) is 36.5 Å². The van der Waals surface area contributed by atoms with E-state index in [9.17, 15) is 4.79 Å². The van der Waals surface area contributed by atoms with E-state index in [1.165, 1.54) is 0 Å². The van der Waals surface area contributed by atoms with E-state index in [-0.39, 0.29) is 23.9 Å². The summed E-state index contributed by atoms with van der Waals surface area (Å²) in [5.74, 6) is 1.24. The molecular weight excluding hydrogens is 532 g/mol. The first kappa shape index (κ1) is 26.5. The van der Waals surface area contributed by atoms with E-state index in [1.807, 2.05) is 24.4 Å². The predicted molar refractivity (Wildman–Crippen MR) is 152 cm³/mol. The highest BCUT2D eigenvalue weighted by molar-refractivity contribution is 6.31. The van der Waals surface area contributed by atoms with Crippen LogP contribution in [0.2, 0.25) is 5.02 Å². The van der Waals surface area contributed by atoms with Crippen LogP contribution in [0, 0.1) is 0 Å². The van der Waals surface area contributed by atoms with Crippen molar-refractivity contribution >= 4 is 35.1 Å². The maximum atomic E-state index is 12.6. The molecule has 0 spiro atoms. The smallest absolute Gasteiger partial charge is 0.272 e. The van der Waals surface area contributed by atoms with Gasteiger partial charge in [0.05, 0.1) is 31.1 Å². The summed E-state index contributed by atoms with van der Waals surface area (Å²) >= 11 is 6.69. The molecule has 0 atom stereocenters. The number of nitrogens with zero attached hydrogens (tertiary/aromatic N) is 7. The Morgan fingerprint density at radius 3 is 2.73 bits per heavy atom. The quantitative estimate of drug-likeness (QED) is 0.294. The van der Waals surface area contributed by atoms with Crippen molar-refractivity contribution in [3.8, 4) is 5.69 Å². The van der Waals surface area contributed by atoms with E-state index in [0.717, 1.165) is 48.4 Å². The zero-order chi connectivity index (χ0) is 27.8. The lowest BCUT2D eigenvalue weighted by atomic mass is 10.1. The highest BCUT2D eigenvalue weighted by Gasteiger charge is 2.24. The Hall–Kier alpha value is -3.74. The minimum absolute atomic E-state index is 0.0262. The van der Waals surface area contributed by atoms with Gasteiger partial charge in [0.2, 0.25) is 11.9 Å². The molecule has 4 N–H and O–H groups in total. The molecular formula is C27H33ClN10O2. The van der Waals surface area contributed by atoms with Gasteiger partial charge in [-0.15, -0.1) is 0 Å². The number of fused-ring (bicyclic) bond motifs is 1. The van der Waals surface area contributed by atoms with Gasteiger partial charge in [-0.25, -0.2) is 4.68 Å². The lowest BCUT2D eigenvalue weighted by Crippen LogP contribution is -2.48. The molecule has 0 bridgehead atoms. The van der Waals surface area contributed by atoms with Crippen LogP contribution >= 0.6 is 11.6 Å². The average molecular weight is 565 g/mol. The van der Waals surface area contributed by atoms with Crippen molar-refractivity contribution in [2.45, 2.75) is 51.2 Å². The Morgan fingerprint density at radius 1 is 1.20 bits per heavy atom. The Kier molecular flexibility index (Phi) is 7.30. The van der Waals surface area contributed by atoms with Crippen LogP contribution in [0.4, 0.5) is 11.9 Å². The third-order valence-electron chi connectivity index (χ3n) is 7.39. The van der Waals surface area contributed by atoms with Gasteiger partial charge in [-0.2, -0.15) is 24.7 Å². The molecule has 6 rings (SSSR count). The number of rotatable bonds is 8. The largest absolute Gasteiger partial charge is 0.377 e. The molecule has 0 radical (unpaired) electrons. The van der Waals surface area contributed by atoms with Crippen LogP contribution < -0.4 is 21.3 Å². The van der Waals surface area contributed by atoms with Gasteiger partial charge in [-0.1, -0.05) is 31.5 Å².